The van der Waals surface area contributed by atoms with Crippen LogP contribution in [0.3, 0.4) is 0 Å². The lowest BCUT2D eigenvalue weighted by Crippen LogP contribution is -2.33. The highest BCUT2D eigenvalue weighted by Gasteiger charge is 2.23. The van der Waals surface area contributed by atoms with Crippen LogP contribution in [-0.2, 0) is 17.1 Å². The first-order chi connectivity index (χ1) is 9.46. The molecule has 0 aliphatic rings. The van der Waals surface area contributed by atoms with Gasteiger partial charge in [0.1, 0.15) is 11.6 Å². The molecule has 0 bridgehead atoms. The van der Waals surface area contributed by atoms with Crippen LogP contribution >= 0.6 is 0 Å². The van der Waals surface area contributed by atoms with Gasteiger partial charge in [-0.1, -0.05) is 30.3 Å². The molecule has 0 fully saturated rings. The Kier molecular flexibility index (Phi) is 4.67. The number of rotatable bonds is 5. The van der Waals surface area contributed by atoms with E-state index in [1.807, 2.05) is 18.2 Å². The van der Waals surface area contributed by atoms with Gasteiger partial charge in [-0.05, 0) is 42.9 Å². The van der Waals surface area contributed by atoms with Crippen molar-refractivity contribution in [2.24, 2.45) is 0 Å². The molecule has 0 aliphatic heterocycles. The molecule has 1 nitrogen and oxygen atoms in total. The molecule has 0 amide bonds. The molecule has 2 aromatic carbocycles. The van der Waals surface area contributed by atoms with Crippen molar-refractivity contribution in [3.8, 4) is 0 Å². The van der Waals surface area contributed by atoms with Crippen LogP contribution in [0.25, 0.3) is 0 Å². The predicted octanol–water partition coefficient (Wildman–Crippen LogP) is 4.47. The highest BCUT2D eigenvalue weighted by molar-refractivity contribution is 6.70. The number of benzene rings is 2. The second-order valence-corrected chi connectivity index (χ2v) is 9.61. The van der Waals surface area contributed by atoms with Crippen molar-refractivity contribution in [2.45, 2.75) is 25.7 Å². The molecule has 2 aromatic rings. The van der Waals surface area contributed by atoms with Crippen molar-refractivity contribution < 1.29 is 13.2 Å². The third kappa shape index (κ3) is 4.25. The molecule has 0 N–H and O–H groups in total. The quantitative estimate of drug-likeness (QED) is 0.739. The van der Waals surface area contributed by atoms with Crippen molar-refractivity contribution in [3.05, 3.63) is 71.3 Å². The third-order valence-corrected chi connectivity index (χ3v) is 5.28. The van der Waals surface area contributed by atoms with E-state index in [9.17, 15) is 8.78 Å². The molecule has 0 spiro atoms. The first kappa shape index (κ1) is 14.9. The summed E-state index contributed by atoms with van der Waals surface area (Å²) < 4.78 is 32.5. The summed E-state index contributed by atoms with van der Waals surface area (Å²) >= 11 is 0. The molecule has 106 valence electrons. The van der Waals surface area contributed by atoms with Crippen LogP contribution < -0.4 is 0 Å². The third-order valence-electron chi connectivity index (χ3n) is 3.10. The van der Waals surface area contributed by atoms with Crippen LogP contribution in [0.15, 0.2) is 48.5 Å². The van der Waals surface area contributed by atoms with Crippen molar-refractivity contribution >= 4 is 8.32 Å². The molecule has 0 heterocycles. The van der Waals surface area contributed by atoms with Gasteiger partial charge in [0.15, 0.2) is 8.32 Å². The second kappa shape index (κ2) is 6.28. The zero-order valence-corrected chi connectivity index (χ0v) is 12.7. The summed E-state index contributed by atoms with van der Waals surface area (Å²) in [6, 6.07) is 14.4. The average Bonchev–Trinajstić information content (AvgIpc) is 2.40. The minimum atomic E-state index is -1.96. The topological polar surface area (TPSA) is 9.23 Å². The SMILES string of the molecule is C[Si](C)(Cc1ccccc1)OCc1cc(F)ccc1F. The van der Waals surface area contributed by atoms with E-state index < -0.39 is 20.0 Å². The summed E-state index contributed by atoms with van der Waals surface area (Å²) in [7, 11) is -1.96. The maximum atomic E-state index is 13.5. The van der Waals surface area contributed by atoms with Crippen molar-refractivity contribution in [2.75, 3.05) is 0 Å². The summed E-state index contributed by atoms with van der Waals surface area (Å²) in [5.74, 6) is -0.858. The van der Waals surface area contributed by atoms with Crippen LogP contribution in [0.4, 0.5) is 8.78 Å². The van der Waals surface area contributed by atoms with Crippen LogP contribution in [0.5, 0.6) is 0 Å². The Morgan fingerprint density at radius 1 is 1.00 bits per heavy atom. The highest BCUT2D eigenvalue weighted by Crippen LogP contribution is 2.17. The summed E-state index contributed by atoms with van der Waals surface area (Å²) in [5, 5.41) is 0. The van der Waals surface area contributed by atoms with Gasteiger partial charge in [0, 0.05) is 5.56 Å². The van der Waals surface area contributed by atoms with Gasteiger partial charge in [-0.15, -0.1) is 0 Å². The molecule has 0 saturated carbocycles. The molecule has 20 heavy (non-hydrogen) atoms. The van der Waals surface area contributed by atoms with E-state index in [-0.39, 0.29) is 12.2 Å². The molecular weight excluding hydrogens is 274 g/mol. The van der Waals surface area contributed by atoms with Crippen LogP contribution in [0.1, 0.15) is 11.1 Å². The molecular formula is C16H18F2OSi. The molecule has 0 radical (unpaired) electrons. The molecule has 0 atom stereocenters. The Hall–Kier alpha value is -1.52. The maximum absolute atomic E-state index is 13.5. The Labute approximate surface area is 119 Å². The van der Waals surface area contributed by atoms with Crippen LogP contribution in [0, 0.1) is 11.6 Å². The first-order valence-corrected chi connectivity index (χ1v) is 9.70. The van der Waals surface area contributed by atoms with Gasteiger partial charge in [0.25, 0.3) is 0 Å². The smallest absolute Gasteiger partial charge is 0.191 e. The lowest BCUT2D eigenvalue weighted by molar-refractivity contribution is 0.287. The fourth-order valence-electron chi connectivity index (χ4n) is 2.07. The lowest BCUT2D eigenvalue weighted by Gasteiger charge is -2.23. The fourth-order valence-corrected chi connectivity index (χ4v) is 3.93. The van der Waals surface area contributed by atoms with E-state index in [1.54, 1.807) is 0 Å². The Bertz CT molecular complexity index is 570. The van der Waals surface area contributed by atoms with Crippen molar-refractivity contribution in [1.29, 1.82) is 0 Å². The lowest BCUT2D eigenvalue weighted by atomic mass is 10.2. The van der Waals surface area contributed by atoms with E-state index in [2.05, 4.69) is 25.2 Å². The second-order valence-electron chi connectivity index (χ2n) is 5.45. The summed E-state index contributed by atoms with van der Waals surface area (Å²) in [4.78, 5) is 0. The molecule has 4 heteroatoms. The zero-order valence-electron chi connectivity index (χ0n) is 11.7. The van der Waals surface area contributed by atoms with Gasteiger partial charge in [-0.25, -0.2) is 8.78 Å². The van der Waals surface area contributed by atoms with E-state index >= 15 is 0 Å². The molecule has 0 aromatic heterocycles. The van der Waals surface area contributed by atoms with Crippen molar-refractivity contribution in [3.63, 3.8) is 0 Å². The Morgan fingerprint density at radius 2 is 1.70 bits per heavy atom. The Balaban J connectivity index is 2.00. The summed E-state index contributed by atoms with van der Waals surface area (Å²) in [6.45, 7) is 4.28. The minimum Gasteiger partial charge on any atom is -0.413 e. The van der Waals surface area contributed by atoms with Crippen molar-refractivity contribution in [1.82, 2.24) is 0 Å². The zero-order chi connectivity index (χ0) is 14.6. The monoisotopic (exact) mass is 292 g/mol. The normalized spacial score (nSPS) is 11.6. The molecule has 0 aliphatic carbocycles. The number of hydrogen-bond acceptors (Lipinski definition) is 1. The standard InChI is InChI=1S/C16H18F2OSi/c1-20(2,12-13-6-4-3-5-7-13)19-11-14-10-15(17)8-9-16(14)18/h3-10H,11-12H2,1-2H3. The summed E-state index contributed by atoms with van der Waals surface area (Å²) in [5.41, 5.74) is 1.49. The summed E-state index contributed by atoms with van der Waals surface area (Å²) in [6.07, 6.45) is 0. The fraction of sp³-hybridized carbons (Fsp3) is 0.250. The first-order valence-electron chi connectivity index (χ1n) is 6.58. The van der Waals surface area contributed by atoms with E-state index in [0.29, 0.717) is 0 Å². The van der Waals surface area contributed by atoms with E-state index in [1.165, 1.54) is 11.6 Å². The molecule has 2 rings (SSSR count). The van der Waals surface area contributed by atoms with Gasteiger partial charge in [-0.2, -0.15) is 0 Å². The van der Waals surface area contributed by atoms with Gasteiger partial charge < -0.3 is 4.43 Å². The minimum absolute atomic E-state index is 0.121. The largest absolute Gasteiger partial charge is 0.413 e. The average molecular weight is 292 g/mol. The maximum Gasteiger partial charge on any atom is 0.191 e. The van der Waals surface area contributed by atoms with E-state index in [0.717, 1.165) is 18.2 Å². The molecule has 0 unspecified atom stereocenters. The van der Waals surface area contributed by atoms with Gasteiger partial charge >= 0.3 is 0 Å². The number of halogens is 2. The Morgan fingerprint density at radius 3 is 2.40 bits per heavy atom. The predicted molar refractivity (Wildman–Crippen MR) is 78.8 cm³/mol. The van der Waals surface area contributed by atoms with E-state index in [4.69, 9.17) is 4.43 Å². The number of hydrogen-bond donors (Lipinski definition) is 0. The molecule has 0 saturated heterocycles. The van der Waals surface area contributed by atoms with Crippen LogP contribution in [-0.4, -0.2) is 8.32 Å². The van der Waals surface area contributed by atoms with Gasteiger partial charge in [0.2, 0.25) is 0 Å². The van der Waals surface area contributed by atoms with Gasteiger partial charge in [-0.3, -0.25) is 0 Å². The highest BCUT2D eigenvalue weighted by atomic mass is 28.4. The van der Waals surface area contributed by atoms with Crippen LogP contribution in [0.2, 0.25) is 13.1 Å². The van der Waals surface area contributed by atoms with Gasteiger partial charge in [0.05, 0.1) is 6.61 Å².